The normalized spacial score (nSPS) is 14.9. The van der Waals surface area contributed by atoms with Gasteiger partial charge in [-0.2, -0.15) is 0 Å². The third-order valence-corrected chi connectivity index (χ3v) is 6.34. The van der Waals surface area contributed by atoms with Crippen molar-refractivity contribution in [2.75, 3.05) is 11.1 Å². The van der Waals surface area contributed by atoms with Gasteiger partial charge in [-0.3, -0.25) is 4.79 Å². The van der Waals surface area contributed by atoms with Crippen molar-refractivity contribution in [3.05, 3.63) is 46.2 Å². The summed E-state index contributed by atoms with van der Waals surface area (Å²) >= 11 is 10.9. The number of rotatable bonds is 7. The number of carbonyl (C=O) groups excluding carboxylic acids is 1. The lowest BCUT2D eigenvalue weighted by atomic mass is 9.89. The Kier molecular flexibility index (Phi) is 7.38. The van der Waals surface area contributed by atoms with Gasteiger partial charge in [-0.25, -0.2) is 0 Å². The SMILES string of the molecule is C=CCn1c(SCC(=O)Nc2ccc(Br)cc2Cl)nnc1C1CCCCC1. The zero-order chi connectivity index (χ0) is 19.2. The molecule has 27 heavy (non-hydrogen) atoms. The van der Waals surface area contributed by atoms with Gasteiger partial charge in [-0.1, -0.05) is 64.6 Å². The largest absolute Gasteiger partial charge is 0.324 e. The second-order valence-corrected chi connectivity index (χ2v) is 8.80. The predicted octanol–water partition coefficient (Wildman–Crippen LogP) is 5.66. The van der Waals surface area contributed by atoms with Crippen LogP contribution in [0, 0.1) is 0 Å². The van der Waals surface area contributed by atoms with Crippen LogP contribution in [0.3, 0.4) is 0 Å². The highest BCUT2D eigenvalue weighted by molar-refractivity contribution is 9.10. The molecule has 144 valence electrons. The molecule has 0 aliphatic heterocycles. The fourth-order valence-corrected chi connectivity index (χ4v) is 4.75. The molecule has 3 rings (SSSR count). The molecule has 1 N–H and O–H groups in total. The average molecular weight is 470 g/mol. The Morgan fingerprint density at radius 1 is 1.37 bits per heavy atom. The maximum atomic E-state index is 12.3. The molecule has 1 heterocycles. The van der Waals surface area contributed by atoms with E-state index in [0.717, 1.165) is 28.3 Å². The number of halogens is 2. The van der Waals surface area contributed by atoms with Gasteiger partial charge in [0.05, 0.1) is 16.5 Å². The first-order valence-electron chi connectivity index (χ1n) is 9.00. The quantitative estimate of drug-likeness (QED) is 0.420. The third kappa shape index (κ3) is 5.36. The van der Waals surface area contributed by atoms with Crippen LogP contribution in [0.4, 0.5) is 5.69 Å². The molecule has 8 heteroatoms. The minimum absolute atomic E-state index is 0.128. The highest BCUT2D eigenvalue weighted by Crippen LogP contribution is 2.33. The van der Waals surface area contributed by atoms with Gasteiger partial charge in [0.2, 0.25) is 5.91 Å². The van der Waals surface area contributed by atoms with E-state index in [4.69, 9.17) is 11.6 Å². The molecule has 0 spiro atoms. The zero-order valence-corrected chi connectivity index (χ0v) is 18.1. The van der Waals surface area contributed by atoms with E-state index < -0.39 is 0 Å². The lowest BCUT2D eigenvalue weighted by Crippen LogP contribution is -2.16. The van der Waals surface area contributed by atoms with Crippen molar-refractivity contribution in [3.63, 3.8) is 0 Å². The van der Waals surface area contributed by atoms with Crippen LogP contribution in [-0.4, -0.2) is 26.4 Å². The first kappa shape index (κ1) is 20.4. The highest BCUT2D eigenvalue weighted by atomic mass is 79.9. The molecule has 0 unspecified atom stereocenters. The van der Waals surface area contributed by atoms with Gasteiger partial charge in [0, 0.05) is 16.9 Å². The maximum Gasteiger partial charge on any atom is 0.234 e. The summed E-state index contributed by atoms with van der Waals surface area (Å²) < 4.78 is 2.96. The second kappa shape index (κ2) is 9.75. The van der Waals surface area contributed by atoms with Crippen LogP contribution >= 0.6 is 39.3 Å². The first-order chi connectivity index (χ1) is 13.1. The van der Waals surface area contributed by atoms with E-state index in [9.17, 15) is 4.79 Å². The van der Waals surface area contributed by atoms with Gasteiger partial charge in [0.15, 0.2) is 5.16 Å². The zero-order valence-electron chi connectivity index (χ0n) is 15.0. The van der Waals surface area contributed by atoms with Crippen LogP contribution in [0.2, 0.25) is 5.02 Å². The maximum absolute atomic E-state index is 12.3. The molecule has 5 nitrogen and oxygen atoms in total. The molecule has 0 atom stereocenters. The van der Waals surface area contributed by atoms with Gasteiger partial charge >= 0.3 is 0 Å². The van der Waals surface area contributed by atoms with Crippen LogP contribution in [0.1, 0.15) is 43.8 Å². The monoisotopic (exact) mass is 468 g/mol. The van der Waals surface area contributed by atoms with Gasteiger partial charge in [0.25, 0.3) is 0 Å². The molecule has 1 aromatic heterocycles. The molecule has 0 bridgehead atoms. The van der Waals surface area contributed by atoms with E-state index in [1.165, 1.54) is 31.0 Å². The molecule has 1 fully saturated rings. The summed E-state index contributed by atoms with van der Waals surface area (Å²) in [6.45, 7) is 4.50. The molecule has 1 aromatic carbocycles. The van der Waals surface area contributed by atoms with Gasteiger partial charge in [-0.05, 0) is 31.0 Å². The van der Waals surface area contributed by atoms with Gasteiger partial charge in [-0.15, -0.1) is 16.8 Å². The molecular formula is C19H22BrClN4OS. The van der Waals surface area contributed by atoms with Crippen molar-refractivity contribution in [3.8, 4) is 0 Å². The predicted molar refractivity (Wildman–Crippen MR) is 115 cm³/mol. The first-order valence-corrected chi connectivity index (χ1v) is 11.2. The summed E-state index contributed by atoms with van der Waals surface area (Å²) in [5, 5.41) is 12.9. The Hall–Kier alpha value is -1.31. The van der Waals surface area contributed by atoms with E-state index in [1.807, 2.05) is 12.1 Å². The molecule has 1 amide bonds. The van der Waals surface area contributed by atoms with Crippen LogP contribution < -0.4 is 5.32 Å². The number of allylic oxidation sites excluding steroid dienone is 1. The van der Waals surface area contributed by atoms with E-state index in [0.29, 0.717) is 23.2 Å². The molecule has 1 aliphatic carbocycles. The van der Waals surface area contributed by atoms with Crippen molar-refractivity contribution in [2.24, 2.45) is 0 Å². The number of benzene rings is 1. The molecule has 0 saturated heterocycles. The van der Waals surface area contributed by atoms with Crippen LogP contribution in [0.25, 0.3) is 0 Å². The third-order valence-electron chi connectivity index (χ3n) is 4.57. The van der Waals surface area contributed by atoms with Crippen molar-refractivity contribution in [2.45, 2.75) is 49.7 Å². The number of aromatic nitrogens is 3. The summed E-state index contributed by atoms with van der Waals surface area (Å²) in [4.78, 5) is 12.3. The summed E-state index contributed by atoms with van der Waals surface area (Å²) in [6.07, 6.45) is 7.94. The van der Waals surface area contributed by atoms with E-state index in [-0.39, 0.29) is 11.7 Å². The minimum Gasteiger partial charge on any atom is -0.324 e. The summed E-state index contributed by atoms with van der Waals surface area (Å²) in [5.74, 6) is 1.59. The summed E-state index contributed by atoms with van der Waals surface area (Å²) in [6, 6.07) is 5.36. The van der Waals surface area contributed by atoms with Crippen LogP contribution in [0.5, 0.6) is 0 Å². The number of carbonyl (C=O) groups is 1. The number of thioether (sulfide) groups is 1. The van der Waals surface area contributed by atoms with Crippen molar-refractivity contribution in [1.29, 1.82) is 0 Å². The van der Waals surface area contributed by atoms with Crippen molar-refractivity contribution >= 4 is 50.9 Å². The second-order valence-electron chi connectivity index (χ2n) is 6.54. The number of anilines is 1. The Bertz CT molecular complexity index is 820. The van der Waals surface area contributed by atoms with Gasteiger partial charge < -0.3 is 9.88 Å². The Balaban J connectivity index is 1.65. The smallest absolute Gasteiger partial charge is 0.234 e. The highest BCUT2D eigenvalue weighted by Gasteiger charge is 2.23. The Morgan fingerprint density at radius 2 is 2.15 bits per heavy atom. The molecule has 0 radical (unpaired) electrons. The van der Waals surface area contributed by atoms with E-state index >= 15 is 0 Å². The number of amides is 1. The fourth-order valence-electron chi connectivity index (χ4n) is 3.28. The number of nitrogens with zero attached hydrogens (tertiary/aromatic N) is 3. The molecular weight excluding hydrogens is 448 g/mol. The number of hydrogen-bond acceptors (Lipinski definition) is 4. The molecule has 2 aromatic rings. The fraction of sp³-hybridized carbons (Fsp3) is 0.421. The number of nitrogens with one attached hydrogen (secondary N) is 1. The van der Waals surface area contributed by atoms with Crippen LogP contribution in [-0.2, 0) is 11.3 Å². The average Bonchev–Trinajstić information content (AvgIpc) is 3.06. The molecule has 1 aliphatic rings. The minimum atomic E-state index is -0.128. The topological polar surface area (TPSA) is 59.8 Å². The summed E-state index contributed by atoms with van der Waals surface area (Å²) in [7, 11) is 0. The summed E-state index contributed by atoms with van der Waals surface area (Å²) in [5.41, 5.74) is 0.598. The van der Waals surface area contributed by atoms with Crippen molar-refractivity contribution < 1.29 is 4.79 Å². The van der Waals surface area contributed by atoms with E-state index in [1.54, 1.807) is 12.1 Å². The lowest BCUT2D eigenvalue weighted by Gasteiger charge is -2.21. The Morgan fingerprint density at radius 3 is 2.85 bits per heavy atom. The standard InChI is InChI=1S/C19H22BrClN4OS/c1-2-10-25-18(13-6-4-3-5-7-13)23-24-19(25)27-12-17(26)22-16-9-8-14(20)11-15(16)21/h2,8-9,11,13H,1,3-7,10,12H2,(H,22,26). The van der Waals surface area contributed by atoms with Crippen molar-refractivity contribution in [1.82, 2.24) is 14.8 Å². The van der Waals surface area contributed by atoms with Crippen LogP contribution in [0.15, 0.2) is 40.5 Å². The van der Waals surface area contributed by atoms with E-state index in [2.05, 4.69) is 42.6 Å². The Labute approximate surface area is 177 Å². The molecule has 1 saturated carbocycles. The lowest BCUT2D eigenvalue weighted by molar-refractivity contribution is -0.113. The van der Waals surface area contributed by atoms with Gasteiger partial charge in [0.1, 0.15) is 5.82 Å². The number of hydrogen-bond donors (Lipinski definition) is 1.